The molecule has 0 spiro atoms. The van der Waals surface area contributed by atoms with Crippen LogP contribution < -0.4 is 15.5 Å². The minimum atomic E-state index is 0.141. The Morgan fingerprint density at radius 2 is 1.64 bits per heavy atom. The van der Waals surface area contributed by atoms with Gasteiger partial charge in [0, 0.05) is 29.5 Å². The van der Waals surface area contributed by atoms with Crippen molar-refractivity contribution < 1.29 is 0 Å². The van der Waals surface area contributed by atoms with Crippen LogP contribution in [0, 0.1) is 0 Å². The van der Waals surface area contributed by atoms with Gasteiger partial charge in [0.15, 0.2) is 5.11 Å². The quantitative estimate of drug-likeness (QED) is 0.704. The molecule has 0 saturated carbocycles. The predicted octanol–water partition coefficient (Wildman–Crippen LogP) is 5.38. The van der Waals surface area contributed by atoms with Gasteiger partial charge >= 0.3 is 0 Å². The molecular formula is C20H24ClN3S. The highest BCUT2D eigenvalue weighted by atomic mass is 35.5. The predicted molar refractivity (Wildman–Crippen MR) is 112 cm³/mol. The Hall–Kier alpha value is -1.78. The summed E-state index contributed by atoms with van der Waals surface area (Å²) in [5.41, 5.74) is 3.47. The second-order valence-electron chi connectivity index (χ2n) is 6.47. The van der Waals surface area contributed by atoms with E-state index in [9.17, 15) is 0 Å². The lowest BCUT2D eigenvalue weighted by atomic mass is 10.1. The lowest BCUT2D eigenvalue weighted by Crippen LogP contribution is -2.31. The van der Waals surface area contributed by atoms with E-state index in [1.807, 2.05) is 24.3 Å². The number of nitrogens with zero attached hydrogens (tertiary/aromatic N) is 1. The van der Waals surface area contributed by atoms with Gasteiger partial charge in [0.25, 0.3) is 0 Å². The number of piperidine rings is 1. The van der Waals surface area contributed by atoms with Crippen molar-refractivity contribution in [3.05, 3.63) is 59.1 Å². The van der Waals surface area contributed by atoms with Crippen LogP contribution in [0.25, 0.3) is 0 Å². The Balaban J connectivity index is 1.55. The van der Waals surface area contributed by atoms with Crippen LogP contribution in [0.4, 0.5) is 11.4 Å². The normalized spacial score (nSPS) is 15.5. The number of nitrogens with one attached hydrogen (secondary N) is 2. The van der Waals surface area contributed by atoms with Gasteiger partial charge in [-0.2, -0.15) is 0 Å². The van der Waals surface area contributed by atoms with Crippen LogP contribution in [0.15, 0.2) is 48.5 Å². The van der Waals surface area contributed by atoms with Crippen molar-refractivity contribution in [2.75, 3.05) is 23.3 Å². The summed E-state index contributed by atoms with van der Waals surface area (Å²) in [6.07, 6.45) is 3.95. The molecule has 0 bridgehead atoms. The topological polar surface area (TPSA) is 27.3 Å². The number of halogens is 1. The van der Waals surface area contributed by atoms with E-state index in [1.54, 1.807) is 0 Å². The second-order valence-corrected chi connectivity index (χ2v) is 7.31. The molecule has 1 atom stereocenters. The average molecular weight is 374 g/mol. The van der Waals surface area contributed by atoms with E-state index in [1.165, 1.54) is 43.6 Å². The Morgan fingerprint density at radius 3 is 2.28 bits per heavy atom. The summed E-state index contributed by atoms with van der Waals surface area (Å²) in [6.45, 7) is 4.45. The Kier molecular flexibility index (Phi) is 6.16. The van der Waals surface area contributed by atoms with E-state index in [0.29, 0.717) is 10.1 Å². The maximum atomic E-state index is 5.90. The van der Waals surface area contributed by atoms with Gasteiger partial charge < -0.3 is 15.5 Å². The van der Waals surface area contributed by atoms with Gasteiger partial charge in [0.2, 0.25) is 0 Å². The van der Waals surface area contributed by atoms with Gasteiger partial charge in [-0.05, 0) is 80.4 Å². The third-order valence-electron chi connectivity index (χ3n) is 4.56. The van der Waals surface area contributed by atoms with Crippen LogP contribution >= 0.6 is 23.8 Å². The highest BCUT2D eigenvalue weighted by molar-refractivity contribution is 7.80. The van der Waals surface area contributed by atoms with E-state index >= 15 is 0 Å². The van der Waals surface area contributed by atoms with Crippen LogP contribution in [-0.2, 0) is 0 Å². The van der Waals surface area contributed by atoms with Crippen LogP contribution in [0.3, 0.4) is 0 Å². The molecule has 132 valence electrons. The van der Waals surface area contributed by atoms with Crippen molar-refractivity contribution in [3.8, 4) is 0 Å². The van der Waals surface area contributed by atoms with Crippen LogP contribution in [-0.4, -0.2) is 18.2 Å². The SMILES string of the molecule is C[C@H](NC(=S)Nc1ccc(Cl)cc1)c1ccc(N2CCCCC2)cc1. The summed E-state index contributed by atoms with van der Waals surface area (Å²) >= 11 is 11.3. The molecule has 2 aromatic rings. The molecule has 25 heavy (non-hydrogen) atoms. The van der Waals surface area contributed by atoms with E-state index in [-0.39, 0.29) is 6.04 Å². The number of anilines is 2. The first kappa shape index (κ1) is 18.0. The monoisotopic (exact) mass is 373 g/mol. The summed E-state index contributed by atoms with van der Waals surface area (Å²) in [6, 6.07) is 16.5. The van der Waals surface area contributed by atoms with Crippen molar-refractivity contribution in [2.24, 2.45) is 0 Å². The Morgan fingerprint density at radius 1 is 1.00 bits per heavy atom. The fourth-order valence-electron chi connectivity index (χ4n) is 3.11. The van der Waals surface area contributed by atoms with Gasteiger partial charge in [-0.25, -0.2) is 0 Å². The molecule has 2 aromatic carbocycles. The summed E-state index contributed by atoms with van der Waals surface area (Å²) in [5.74, 6) is 0. The van der Waals surface area contributed by atoms with E-state index in [0.717, 1.165) is 5.69 Å². The van der Waals surface area contributed by atoms with Crippen molar-refractivity contribution in [1.82, 2.24) is 5.32 Å². The molecule has 5 heteroatoms. The summed E-state index contributed by atoms with van der Waals surface area (Å²) in [7, 11) is 0. The fraction of sp³-hybridized carbons (Fsp3) is 0.350. The maximum Gasteiger partial charge on any atom is 0.171 e. The van der Waals surface area contributed by atoms with Crippen molar-refractivity contribution in [3.63, 3.8) is 0 Å². The lowest BCUT2D eigenvalue weighted by Gasteiger charge is -2.29. The van der Waals surface area contributed by atoms with E-state index < -0.39 is 0 Å². The standard InChI is InChI=1S/C20H24ClN3S/c1-15(22-20(25)23-18-9-7-17(21)8-10-18)16-5-11-19(12-6-16)24-13-3-2-4-14-24/h5-12,15H,2-4,13-14H2,1H3,(H2,22,23,25)/t15-/m0/s1. The van der Waals surface area contributed by atoms with Gasteiger partial charge in [-0.3, -0.25) is 0 Å². The minimum Gasteiger partial charge on any atom is -0.372 e. The molecule has 1 aliphatic rings. The molecule has 1 aliphatic heterocycles. The summed E-state index contributed by atoms with van der Waals surface area (Å²) in [4.78, 5) is 2.47. The molecule has 1 saturated heterocycles. The zero-order valence-electron chi connectivity index (χ0n) is 14.5. The number of rotatable bonds is 4. The third-order valence-corrected chi connectivity index (χ3v) is 5.04. The molecular weight excluding hydrogens is 350 g/mol. The zero-order chi connectivity index (χ0) is 17.6. The van der Waals surface area contributed by atoms with Gasteiger partial charge in [0.05, 0.1) is 6.04 Å². The molecule has 0 unspecified atom stereocenters. The van der Waals surface area contributed by atoms with Crippen molar-refractivity contribution >= 4 is 40.3 Å². The van der Waals surface area contributed by atoms with E-state index in [4.69, 9.17) is 23.8 Å². The van der Waals surface area contributed by atoms with Gasteiger partial charge in [0.1, 0.15) is 0 Å². The fourth-order valence-corrected chi connectivity index (χ4v) is 3.53. The molecule has 1 heterocycles. The average Bonchev–Trinajstić information content (AvgIpc) is 2.64. The Bertz CT molecular complexity index is 694. The van der Waals surface area contributed by atoms with Crippen molar-refractivity contribution in [2.45, 2.75) is 32.2 Å². The molecule has 0 radical (unpaired) electrons. The number of hydrogen-bond donors (Lipinski definition) is 2. The molecule has 0 amide bonds. The van der Waals surface area contributed by atoms with Gasteiger partial charge in [-0.15, -0.1) is 0 Å². The highest BCUT2D eigenvalue weighted by Gasteiger charge is 2.12. The summed E-state index contributed by atoms with van der Waals surface area (Å²) in [5, 5.41) is 7.84. The molecule has 3 rings (SSSR count). The lowest BCUT2D eigenvalue weighted by molar-refractivity contribution is 0.577. The minimum absolute atomic E-state index is 0.141. The van der Waals surface area contributed by atoms with Crippen LogP contribution in [0.2, 0.25) is 5.02 Å². The number of hydrogen-bond acceptors (Lipinski definition) is 2. The Labute approximate surface area is 160 Å². The first-order valence-corrected chi connectivity index (χ1v) is 9.58. The van der Waals surface area contributed by atoms with Crippen LogP contribution in [0.5, 0.6) is 0 Å². The molecule has 1 fully saturated rings. The van der Waals surface area contributed by atoms with Crippen molar-refractivity contribution in [1.29, 1.82) is 0 Å². The zero-order valence-corrected chi connectivity index (χ0v) is 16.0. The molecule has 3 nitrogen and oxygen atoms in total. The smallest absolute Gasteiger partial charge is 0.171 e. The number of benzene rings is 2. The molecule has 0 aliphatic carbocycles. The first-order chi connectivity index (χ1) is 12.1. The highest BCUT2D eigenvalue weighted by Crippen LogP contribution is 2.22. The van der Waals surface area contributed by atoms with Crippen LogP contribution in [0.1, 0.15) is 37.8 Å². The number of thiocarbonyl (C=S) groups is 1. The van der Waals surface area contributed by atoms with Gasteiger partial charge in [-0.1, -0.05) is 23.7 Å². The van der Waals surface area contributed by atoms with E-state index in [2.05, 4.69) is 46.7 Å². The first-order valence-electron chi connectivity index (χ1n) is 8.80. The second kappa shape index (κ2) is 8.54. The summed E-state index contributed by atoms with van der Waals surface area (Å²) < 4.78 is 0. The molecule has 2 N–H and O–H groups in total. The largest absolute Gasteiger partial charge is 0.372 e. The third kappa shape index (κ3) is 5.10. The maximum absolute atomic E-state index is 5.90. The molecule has 0 aromatic heterocycles.